The van der Waals surface area contributed by atoms with Gasteiger partial charge in [-0.1, -0.05) is 42.5 Å². The highest BCUT2D eigenvalue weighted by molar-refractivity contribution is 5.95. The van der Waals surface area contributed by atoms with E-state index in [2.05, 4.69) is 15.1 Å². The number of hydrogen-bond donors (Lipinski definition) is 1. The number of esters is 1. The predicted octanol–water partition coefficient (Wildman–Crippen LogP) is 3.55. The molecule has 2 amide bonds. The number of halogens is 1. The van der Waals surface area contributed by atoms with Crippen molar-refractivity contribution in [3.8, 4) is 0 Å². The van der Waals surface area contributed by atoms with Gasteiger partial charge in [0.15, 0.2) is 0 Å². The number of nitrogens with one attached hydrogen (secondary N) is 1. The molecule has 2 heterocycles. The van der Waals surface area contributed by atoms with E-state index in [4.69, 9.17) is 4.74 Å². The molecule has 1 atom stereocenters. The number of amides is 2. The summed E-state index contributed by atoms with van der Waals surface area (Å²) in [5.41, 5.74) is 3.13. The molecule has 2 aliphatic heterocycles. The fraction of sp³-hybridized carbons (Fsp3) is 0.407. The second kappa shape index (κ2) is 11.5. The van der Waals surface area contributed by atoms with Gasteiger partial charge in [-0.2, -0.15) is 0 Å². The first-order valence-corrected chi connectivity index (χ1v) is 12.2. The highest BCUT2D eigenvalue weighted by Crippen LogP contribution is 2.32. The number of carbonyl (C=O) groups is 2. The van der Waals surface area contributed by atoms with Crippen LogP contribution in [0.25, 0.3) is 0 Å². The first-order valence-electron chi connectivity index (χ1n) is 12.2. The number of ether oxygens (including phenoxy) is 1. The van der Waals surface area contributed by atoms with Crippen molar-refractivity contribution in [1.82, 2.24) is 20.0 Å². The van der Waals surface area contributed by atoms with Crippen molar-refractivity contribution in [2.24, 2.45) is 0 Å². The van der Waals surface area contributed by atoms with Gasteiger partial charge in [0.05, 0.1) is 18.2 Å². The van der Waals surface area contributed by atoms with Gasteiger partial charge in [-0.15, -0.1) is 0 Å². The van der Waals surface area contributed by atoms with Gasteiger partial charge in [-0.25, -0.2) is 14.0 Å². The number of carbonyl (C=O) groups excluding carboxylic acids is 2. The average molecular weight is 481 g/mol. The van der Waals surface area contributed by atoms with E-state index in [0.29, 0.717) is 24.4 Å². The first-order chi connectivity index (χ1) is 17.0. The standard InChI is InChI=1S/C27H33FN4O3/c1-3-32-23(19-31-16-14-30(15-17-31)18-20-10-12-22(28)13-11-20)24(26(33)35-4-2)25(29-27(32)34)21-8-6-5-7-9-21/h5-13,25H,3-4,14-19H2,1-2H3,(H,29,34). The average Bonchev–Trinajstić information content (AvgIpc) is 2.87. The lowest BCUT2D eigenvalue weighted by molar-refractivity contribution is -0.139. The molecule has 1 unspecified atom stereocenters. The maximum absolute atomic E-state index is 13.2. The normalized spacial score (nSPS) is 19.6. The molecule has 1 saturated heterocycles. The summed E-state index contributed by atoms with van der Waals surface area (Å²) in [6, 6.07) is 15.4. The summed E-state index contributed by atoms with van der Waals surface area (Å²) in [7, 11) is 0. The second-order valence-electron chi connectivity index (χ2n) is 8.80. The number of nitrogens with zero attached hydrogens (tertiary/aromatic N) is 3. The number of likely N-dealkylation sites (N-methyl/N-ethyl adjacent to an activating group) is 1. The summed E-state index contributed by atoms with van der Waals surface area (Å²) in [5.74, 6) is -0.625. The minimum Gasteiger partial charge on any atom is -0.463 e. The molecule has 2 aromatic carbocycles. The van der Waals surface area contributed by atoms with E-state index in [1.165, 1.54) is 12.1 Å². The fourth-order valence-corrected chi connectivity index (χ4v) is 4.72. The molecule has 0 aromatic heterocycles. The molecule has 2 aliphatic rings. The van der Waals surface area contributed by atoms with Gasteiger partial charge in [0.25, 0.3) is 0 Å². The van der Waals surface area contributed by atoms with Crippen molar-refractivity contribution in [2.45, 2.75) is 26.4 Å². The van der Waals surface area contributed by atoms with Gasteiger partial charge in [0.2, 0.25) is 0 Å². The van der Waals surface area contributed by atoms with E-state index in [1.807, 2.05) is 49.4 Å². The Bertz CT molecular complexity index is 1050. The molecule has 0 bridgehead atoms. The van der Waals surface area contributed by atoms with Crippen molar-refractivity contribution in [2.75, 3.05) is 45.9 Å². The van der Waals surface area contributed by atoms with Crippen molar-refractivity contribution < 1.29 is 18.7 Å². The van der Waals surface area contributed by atoms with E-state index in [9.17, 15) is 14.0 Å². The zero-order chi connectivity index (χ0) is 24.8. The van der Waals surface area contributed by atoms with E-state index >= 15 is 0 Å². The van der Waals surface area contributed by atoms with Crippen LogP contribution < -0.4 is 5.32 Å². The Morgan fingerprint density at radius 2 is 1.60 bits per heavy atom. The van der Waals surface area contributed by atoms with E-state index in [0.717, 1.165) is 43.9 Å². The van der Waals surface area contributed by atoms with Gasteiger partial charge < -0.3 is 10.1 Å². The summed E-state index contributed by atoms with van der Waals surface area (Å²) in [6.07, 6.45) is 0. The van der Waals surface area contributed by atoms with Crippen molar-refractivity contribution in [1.29, 1.82) is 0 Å². The summed E-state index contributed by atoms with van der Waals surface area (Å²) >= 11 is 0. The molecule has 0 aliphatic carbocycles. The molecular formula is C27H33FN4O3. The third-order valence-corrected chi connectivity index (χ3v) is 6.54. The third kappa shape index (κ3) is 5.89. The molecule has 8 heteroatoms. The topological polar surface area (TPSA) is 65.1 Å². The Kier molecular flexibility index (Phi) is 8.15. The molecular weight excluding hydrogens is 447 g/mol. The summed E-state index contributed by atoms with van der Waals surface area (Å²) in [6.45, 7) is 8.97. The molecule has 0 radical (unpaired) electrons. The molecule has 1 N–H and O–H groups in total. The Morgan fingerprint density at radius 3 is 2.20 bits per heavy atom. The number of urea groups is 1. The van der Waals surface area contributed by atoms with Crippen LogP contribution >= 0.6 is 0 Å². The monoisotopic (exact) mass is 480 g/mol. The van der Waals surface area contributed by atoms with Crippen LogP contribution in [0.1, 0.15) is 31.0 Å². The van der Waals surface area contributed by atoms with Crippen LogP contribution in [0.5, 0.6) is 0 Å². The maximum atomic E-state index is 13.2. The Hall–Kier alpha value is -3.23. The molecule has 0 spiro atoms. The largest absolute Gasteiger partial charge is 0.463 e. The van der Waals surface area contributed by atoms with Gasteiger partial charge in [-0.05, 0) is 37.1 Å². The number of benzene rings is 2. The van der Waals surface area contributed by atoms with Crippen LogP contribution in [0.15, 0.2) is 65.9 Å². The maximum Gasteiger partial charge on any atom is 0.338 e. The van der Waals surface area contributed by atoms with E-state index in [1.54, 1.807) is 11.8 Å². The SMILES string of the molecule is CCOC(=O)C1=C(CN2CCN(Cc3ccc(F)cc3)CC2)N(CC)C(=O)NC1c1ccccc1. The number of hydrogen-bond acceptors (Lipinski definition) is 5. The highest BCUT2D eigenvalue weighted by atomic mass is 19.1. The van der Waals surface area contributed by atoms with Gasteiger partial charge >= 0.3 is 12.0 Å². The Labute approximate surface area is 206 Å². The van der Waals surface area contributed by atoms with Gasteiger partial charge in [-0.3, -0.25) is 14.7 Å². The van der Waals surface area contributed by atoms with Crippen LogP contribution in [0.2, 0.25) is 0 Å². The highest BCUT2D eigenvalue weighted by Gasteiger charge is 2.38. The number of rotatable bonds is 8. The Balaban J connectivity index is 1.55. The number of piperazine rings is 1. The van der Waals surface area contributed by atoms with Crippen LogP contribution in [0.3, 0.4) is 0 Å². The van der Waals surface area contributed by atoms with Crippen molar-refractivity contribution in [3.63, 3.8) is 0 Å². The van der Waals surface area contributed by atoms with E-state index in [-0.39, 0.29) is 18.5 Å². The zero-order valence-electron chi connectivity index (χ0n) is 20.4. The fourth-order valence-electron chi connectivity index (χ4n) is 4.72. The molecule has 2 aromatic rings. The first kappa shape index (κ1) is 24.9. The van der Waals surface area contributed by atoms with Crippen LogP contribution in [0.4, 0.5) is 9.18 Å². The smallest absolute Gasteiger partial charge is 0.338 e. The van der Waals surface area contributed by atoms with Gasteiger partial charge in [0, 0.05) is 51.5 Å². The lowest BCUT2D eigenvalue weighted by Crippen LogP contribution is -2.53. The summed E-state index contributed by atoms with van der Waals surface area (Å²) in [4.78, 5) is 32.5. The Morgan fingerprint density at radius 1 is 0.971 bits per heavy atom. The zero-order valence-corrected chi connectivity index (χ0v) is 20.4. The lowest BCUT2D eigenvalue weighted by atomic mass is 9.94. The van der Waals surface area contributed by atoms with Crippen LogP contribution in [-0.2, 0) is 16.1 Å². The molecule has 186 valence electrons. The molecule has 7 nitrogen and oxygen atoms in total. The third-order valence-electron chi connectivity index (χ3n) is 6.54. The molecule has 0 saturated carbocycles. The second-order valence-corrected chi connectivity index (χ2v) is 8.80. The van der Waals surface area contributed by atoms with Crippen LogP contribution in [0, 0.1) is 5.82 Å². The molecule has 4 rings (SSSR count). The van der Waals surface area contributed by atoms with E-state index < -0.39 is 12.0 Å². The predicted molar refractivity (Wildman–Crippen MR) is 132 cm³/mol. The lowest BCUT2D eigenvalue weighted by Gasteiger charge is -2.40. The molecule has 1 fully saturated rings. The minimum absolute atomic E-state index is 0.209. The van der Waals surface area contributed by atoms with Crippen LogP contribution in [-0.4, -0.2) is 72.6 Å². The van der Waals surface area contributed by atoms with Gasteiger partial charge in [0.1, 0.15) is 5.82 Å². The summed E-state index contributed by atoms with van der Waals surface area (Å²) < 4.78 is 18.7. The van der Waals surface area contributed by atoms with Crippen molar-refractivity contribution in [3.05, 3.63) is 82.8 Å². The summed E-state index contributed by atoms with van der Waals surface area (Å²) in [5, 5.41) is 3.00. The molecule has 35 heavy (non-hydrogen) atoms. The minimum atomic E-state index is -0.555. The quantitative estimate of drug-likeness (QED) is 0.586. The van der Waals surface area contributed by atoms with Crippen molar-refractivity contribution >= 4 is 12.0 Å².